The van der Waals surface area contributed by atoms with Gasteiger partial charge in [-0.3, -0.25) is 9.48 Å². The van der Waals surface area contributed by atoms with Crippen molar-refractivity contribution in [2.24, 2.45) is 7.05 Å². The monoisotopic (exact) mass is 321 g/mol. The lowest BCUT2D eigenvalue weighted by atomic mass is 10.1. The number of nitrogens with one attached hydrogen (secondary N) is 1. The van der Waals surface area contributed by atoms with E-state index in [0.717, 1.165) is 28.3 Å². The summed E-state index contributed by atoms with van der Waals surface area (Å²) < 4.78 is 1.81. The summed E-state index contributed by atoms with van der Waals surface area (Å²) in [6, 6.07) is 17.7. The van der Waals surface area contributed by atoms with Crippen LogP contribution < -0.4 is 5.32 Å². The minimum atomic E-state index is -0.159. The van der Waals surface area contributed by atoms with Gasteiger partial charge in [0.25, 0.3) is 5.91 Å². The van der Waals surface area contributed by atoms with Crippen LogP contribution in [-0.2, 0) is 12.8 Å². The molecule has 1 aromatic heterocycles. The molecule has 1 N–H and O–H groups in total. The molecule has 0 bridgehead atoms. The van der Waals surface area contributed by atoms with E-state index in [-0.39, 0.29) is 5.91 Å². The van der Waals surface area contributed by atoms with Crippen molar-refractivity contribution in [1.82, 2.24) is 9.78 Å². The predicted octanol–water partition coefficient (Wildman–Crippen LogP) is 3.95. The fourth-order valence-electron chi connectivity index (χ4n) is 2.87. The number of carbonyl (C=O) groups is 1. The predicted molar refractivity (Wildman–Crippen MR) is 92.6 cm³/mol. The van der Waals surface area contributed by atoms with Crippen molar-refractivity contribution in [2.45, 2.75) is 10.6 Å². The van der Waals surface area contributed by atoms with E-state index in [1.807, 2.05) is 54.2 Å². The zero-order valence-corrected chi connectivity index (χ0v) is 13.4. The molecule has 0 saturated carbocycles. The average Bonchev–Trinajstić information content (AvgIpc) is 2.93. The van der Waals surface area contributed by atoms with Crippen LogP contribution in [0, 0.1) is 0 Å². The van der Waals surface area contributed by atoms with Gasteiger partial charge in [-0.2, -0.15) is 5.10 Å². The minimum Gasteiger partial charge on any atom is -0.321 e. The van der Waals surface area contributed by atoms with Crippen molar-refractivity contribution in [3.63, 3.8) is 0 Å². The molecule has 3 aromatic rings. The Morgan fingerprint density at radius 2 is 1.87 bits per heavy atom. The number of fused-ring (bicyclic) bond motifs is 3. The summed E-state index contributed by atoms with van der Waals surface area (Å²) in [4.78, 5) is 13.8. The van der Waals surface area contributed by atoms with Crippen LogP contribution in [0.4, 0.5) is 5.69 Å². The Balaban J connectivity index is 1.74. The van der Waals surface area contributed by atoms with Gasteiger partial charge in [0.2, 0.25) is 0 Å². The molecule has 5 heteroatoms. The zero-order chi connectivity index (χ0) is 15.8. The molecule has 1 aliphatic rings. The summed E-state index contributed by atoms with van der Waals surface area (Å²) in [6.45, 7) is 0. The maximum absolute atomic E-state index is 12.6. The lowest BCUT2D eigenvalue weighted by molar-refractivity contribution is 0.102. The van der Waals surface area contributed by atoms with Gasteiger partial charge in [0.15, 0.2) is 5.69 Å². The lowest BCUT2D eigenvalue weighted by Gasteiger charge is -2.16. The van der Waals surface area contributed by atoms with Crippen molar-refractivity contribution in [1.29, 1.82) is 0 Å². The highest BCUT2D eigenvalue weighted by Gasteiger charge is 2.27. The molecule has 23 heavy (non-hydrogen) atoms. The summed E-state index contributed by atoms with van der Waals surface area (Å²) in [6.07, 6.45) is 0. The van der Waals surface area contributed by atoms with Crippen molar-refractivity contribution < 1.29 is 4.79 Å². The zero-order valence-electron chi connectivity index (χ0n) is 12.6. The smallest absolute Gasteiger partial charge is 0.276 e. The first kappa shape index (κ1) is 14.1. The Labute approximate surface area is 138 Å². The molecule has 0 radical (unpaired) electrons. The lowest BCUT2D eigenvalue weighted by Crippen LogP contribution is -2.14. The molecule has 4 rings (SSSR count). The summed E-state index contributed by atoms with van der Waals surface area (Å²) in [5.41, 5.74) is 4.48. The van der Waals surface area contributed by atoms with Gasteiger partial charge in [0.05, 0.1) is 5.69 Å². The number of amides is 1. The maximum Gasteiger partial charge on any atom is 0.276 e. The van der Waals surface area contributed by atoms with E-state index in [9.17, 15) is 4.79 Å². The number of nitrogens with zero attached hydrogens (tertiary/aromatic N) is 2. The van der Waals surface area contributed by atoms with Crippen LogP contribution >= 0.6 is 11.8 Å². The normalized spacial score (nSPS) is 12.4. The fraction of sp³-hybridized carbons (Fsp3) is 0.111. The van der Waals surface area contributed by atoms with Crippen LogP contribution in [0.2, 0.25) is 0 Å². The molecule has 1 aliphatic heterocycles. The number of aryl methyl sites for hydroxylation is 1. The fourth-order valence-corrected chi connectivity index (χ4v) is 3.94. The quantitative estimate of drug-likeness (QED) is 0.777. The Bertz CT molecular complexity index is 887. The number of hydrogen-bond donors (Lipinski definition) is 1. The first-order valence-electron chi connectivity index (χ1n) is 7.38. The van der Waals surface area contributed by atoms with Crippen LogP contribution in [0.25, 0.3) is 11.3 Å². The van der Waals surface area contributed by atoms with Gasteiger partial charge in [0.1, 0.15) is 0 Å². The third-order valence-corrected chi connectivity index (χ3v) is 5.01. The molecule has 0 fully saturated rings. The van der Waals surface area contributed by atoms with Gasteiger partial charge in [0, 0.05) is 34.5 Å². The van der Waals surface area contributed by atoms with Gasteiger partial charge < -0.3 is 5.32 Å². The van der Waals surface area contributed by atoms with E-state index in [1.54, 1.807) is 11.8 Å². The second kappa shape index (κ2) is 5.59. The molecular formula is C18H15N3OS. The second-order valence-corrected chi connectivity index (χ2v) is 6.42. The summed E-state index contributed by atoms with van der Waals surface area (Å²) in [5, 5.41) is 7.40. The number of hydrogen-bond acceptors (Lipinski definition) is 3. The third kappa shape index (κ3) is 2.43. The average molecular weight is 321 g/mol. The van der Waals surface area contributed by atoms with E-state index in [4.69, 9.17) is 0 Å². The van der Waals surface area contributed by atoms with Crippen molar-refractivity contribution >= 4 is 23.4 Å². The number of carbonyl (C=O) groups excluding carboxylic acids is 1. The van der Waals surface area contributed by atoms with Crippen LogP contribution in [0.15, 0.2) is 59.5 Å². The Morgan fingerprint density at radius 3 is 2.70 bits per heavy atom. The second-order valence-electron chi connectivity index (χ2n) is 5.40. The maximum atomic E-state index is 12.6. The first-order chi connectivity index (χ1) is 11.2. The molecule has 4 nitrogen and oxygen atoms in total. The number of thioether (sulfide) groups is 1. The number of anilines is 1. The largest absolute Gasteiger partial charge is 0.321 e. The Morgan fingerprint density at radius 1 is 1.13 bits per heavy atom. The highest BCUT2D eigenvalue weighted by Crippen LogP contribution is 2.42. The van der Waals surface area contributed by atoms with Crippen molar-refractivity contribution in [2.75, 3.05) is 5.32 Å². The number of benzene rings is 2. The van der Waals surface area contributed by atoms with Crippen molar-refractivity contribution in [3.05, 3.63) is 65.9 Å². The van der Waals surface area contributed by atoms with Crippen LogP contribution in [0.5, 0.6) is 0 Å². The van der Waals surface area contributed by atoms with E-state index >= 15 is 0 Å². The Hall–Kier alpha value is -2.53. The highest BCUT2D eigenvalue weighted by molar-refractivity contribution is 7.98. The molecule has 0 atom stereocenters. The molecule has 0 saturated heterocycles. The van der Waals surface area contributed by atoms with Gasteiger partial charge in [-0.05, 0) is 18.2 Å². The molecule has 114 valence electrons. The summed E-state index contributed by atoms with van der Waals surface area (Å²) >= 11 is 1.75. The first-order valence-corrected chi connectivity index (χ1v) is 8.37. The molecule has 0 aliphatic carbocycles. The molecule has 0 unspecified atom stereocenters. The van der Waals surface area contributed by atoms with E-state index in [0.29, 0.717) is 5.69 Å². The number of para-hydroxylation sites is 1. The highest BCUT2D eigenvalue weighted by atomic mass is 32.2. The Kier molecular flexibility index (Phi) is 3.42. The SMILES string of the molecule is Cn1nc(C(=O)Nc2ccccc2)c2c1-c1ccccc1SC2. The molecule has 2 heterocycles. The van der Waals surface area contributed by atoms with Crippen LogP contribution in [0.3, 0.4) is 0 Å². The van der Waals surface area contributed by atoms with Gasteiger partial charge in [-0.1, -0.05) is 36.4 Å². The van der Waals surface area contributed by atoms with Gasteiger partial charge in [-0.25, -0.2) is 0 Å². The van der Waals surface area contributed by atoms with Crippen molar-refractivity contribution in [3.8, 4) is 11.3 Å². The van der Waals surface area contributed by atoms with E-state index in [2.05, 4.69) is 22.5 Å². The van der Waals surface area contributed by atoms with E-state index < -0.39 is 0 Å². The van der Waals surface area contributed by atoms with Crippen LogP contribution in [0.1, 0.15) is 16.1 Å². The molecular weight excluding hydrogens is 306 g/mol. The molecule has 1 amide bonds. The minimum absolute atomic E-state index is 0.159. The van der Waals surface area contributed by atoms with Crippen LogP contribution in [-0.4, -0.2) is 15.7 Å². The standard InChI is InChI=1S/C18H15N3OS/c1-21-17-13-9-5-6-10-15(13)23-11-14(17)16(20-21)18(22)19-12-7-3-2-4-8-12/h2-10H,11H2,1H3,(H,19,22). The van der Waals surface area contributed by atoms with Gasteiger partial charge in [-0.15, -0.1) is 11.8 Å². The third-order valence-electron chi connectivity index (χ3n) is 3.91. The summed E-state index contributed by atoms with van der Waals surface area (Å²) in [5.74, 6) is 0.602. The topological polar surface area (TPSA) is 46.9 Å². The number of aromatic nitrogens is 2. The van der Waals surface area contributed by atoms with Gasteiger partial charge >= 0.3 is 0 Å². The van der Waals surface area contributed by atoms with E-state index in [1.165, 1.54) is 4.90 Å². The number of rotatable bonds is 2. The summed E-state index contributed by atoms with van der Waals surface area (Å²) in [7, 11) is 1.89. The molecule has 0 spiro atoms. The molecule has 2 aromatic carbocycles.